The fourth-order valence-electron chi connectivity index (χ4n) is 3.14. The predicted molar refractivity (Wildman–Crippen MR) is 66.0 cm³/mol. The smallest absolute Gasteiger partial charge is 0.221 e. The van der Waals surface area contributed by atoms with Gasteiger partial charge in [-0.2, -0.15) is 0 Å². The Balaban J connectivity index is 2.17. The van der Waals surface area contributed by atoms with Crippen LogP contribution in [0.25, 0.3) is 0 Å². The molecule has 0 aliphatic carbocycles. The van der Waals surface area contributed by atoms with Gasteiger partial charge in [0, 0.05) is 31.9 Å². The third kappa shape index (κ3) is 1.45. The first-order chi connectivity index (χ1) is 8.45. The molecule has 2 aliphatic heterocycles. The van der Waals surface area contributed by atoms with Crippen LogP contribution in [0, 0.1) is 0 Å². The van der Waals surface area contributed by atoms with E-state index in [1.807, 2.05) is 31.2 Å². The number of aliphatic hydroxyl groups is 1. The number of para-hydroxylation sites is 1. The number of rotatable bonds is 0. The van der Waals surface area contributed by atoms with E-state index in [0.717, 1.165) is 6.42 Å². The van der Waals surface area contributed by atoms with Gasteiger partial charge >= 0.3 is 0 Å². The van der Waals surface area contributed by atoms with Crippen LogP contribution in [0.4, 0.5) is 0 Å². The van der Waals surface area contributed by atoms with Crippen LogP contribution in [0.1, 0.15) is 32.3 Å². The number of amides is 1. The maximum atomic E-state index is 11.7. The van der Waals surface area contributed by atoms with Gasteiger partial charge in [-0.3, -0.25) is 4.79 Å². The van der Waals surface area contributed by atoms with Crippen molar-refractivity contribution in [1.82, 2.24) is 4.90 Å². The van der Waals surface area contributed by atoms with Gasteiger partial charge in [0.15, 0.2) is 5.72 Å². The number of hydrogen-bond acceptors (Lipinski definition) is 3. The normalized spacial score (nSPS) is 33.6. The second kappa shape index (κ2) is 3.48. The lowest BCUT2D eigenvalue weighted by molar-refractivity contribution is -0.204. The lowest BCUT2D eigenvalue weighted by Gasteiger charge is -2.53. The van der Waals surface area contributed by atoms with Crippen LogP contribution in [-0.4, -0.2) is 28.1 Å². The summed E-state index contributed by atoms with van der Waals surface area (Å²) in [5, 5.41) is 11.0. The first-order valence-corrected chi connectivity index (χ1v) is 6.24. The fraction of sp³-hybridized carbons (Fsp3) is 0.500. The minimum absolute atomic E-state index is 0.101. The molecular formula is C14H17NO3. The molecule has 0 spiro atoms. The second-order valence-corrected chi connectivity index (χ2v) is 5.46. The second-order valence-electron chi connectivity index (χ2n) is 5.46. The molecule has 3 rings (SSSR count). The van der Waals surface area contributed by atoms with Crippen molar-refractivity contribution in [2.75, 3.05) is 6.54 Å². The molecule has 0 unspecified atom stereocenters. The Morgan fingerprint density at radius 3 is 2.89 bits per heavy atom. The number of piperidine rings is 1. The highest BCUT2D eigenvalue weighted by atomic mass is 16.5. The first kappa shape index (κ1) is 11.5. The van der Waals surface area contributed by atoms with Gasteiger partial charge in [-0.05, 0) is 13.0 Å². The Kier molecular flexibility index (Phi) is 2.23. The molecule has 0 radical (unpaired) electrons. The molecule has 1 amide bonds. The van der Waals surface area contributed by atoms with E-state index in [0.29, 0.717) is 24.3 Å². The molecule has 1 aromatic carbocycles. The number of likely N-dealkylation sites (tertiary alicyclic amines) is 1. The zero-order chi connectivity index (χ0) is 13.0. The van der Waals surface area contributed by atoms with E-state index in [1.165, 1.54) is 6.92 Å². The van der Waals surface area contributed by atoms with E-state index in [9.17, 15) is 9.90 Å². The number of ether oxygens (including phenoxy) is 1. The molecule has 18 heavy (non-hydrogen) atoms. The molecule has 2 heterocycles. The number of nitrogens with zero attached hydrogens (tertiary/aromatic N) is 1. The Labute approximate surface area is 106 Å². The molecule has 1 fully saturated rings. The highest BCUT2D eigenvalue weighted by Crippen LogP contribution is 2.49. The van der Waals surface area contributed by atoms with E-state index in [4.69, 9.17) is 4.74 Å². The minimum Gasteiger partial charge on any atom is -0.487 e. The van der Waals surface area contributed by atoms with Gasteiger partial charge in [-0.15, -0.1) is 0 Å². The van der Waals surface area contributed by atoms with Gasteiger partial charge in [-0.25, -0.2) is 0 Å². The summed E-state index contributed by atoms with van der Waals surface area (Å²) in [7, 11) is 0. The molecule has 2 bridgehead atoms. The van der Waals surface area contributed by atoms with E-state index < -0.39 is 11.3 Å². The molecular weight excluding hydrogens is 230 g/mol. The number of carbonyl (C=O) groups excluding carboxylic acids is 1. The van der Waals surface area contributed by atoms with Crippen molar-refractivity contribution >= 4 is 5.91 Å². The summed E-state index contributed by atoms with van der Waals surface area (Å²) < 4.78 is 5.99. The zero-order valence-corrected chi connectivity index (χ0v) is 10.6. The summed E-state index contributed by atoms with van der Waals surface area (Å²) in [5.41, 5.74) is -0.930. The third-order valence-corrected chi connectivity index (χ3v) is 3.99. The maximum absolute atomic E-state index is 11.7. The average molecular weight is 247 g/mol. The van der Waals surface area contributed by atoms with Crippen molar-refractivity contribution in [2.24, 2.45) is 0 Å². The number of benzene rings is 1. The zero-order valence-electron chi connectivity index (χ0n) is 10.6. The van der Waals surface area contributed by atoms with E-state index >= 15 is 0 Å². The molecule has 4 heteroatoms. The molecule has 1 saturated heterocycles. The van der Waals surface area contributed by atoms with Crippen LogP contribution in [0.15, 0.2) is 24.3 Å². The van der Waals surface area contributed by atoms with Gasteiger partial charge in [0.05, 0.1) is 0 Å². The average Bonchev–Trinajstić information content (AvgIpc) is 2.27. The van der Waals surface area contributed by atoms with Crippen molar-refractivity contribution < 1.29 is 14.6 Å². The highest BCUT2D eigenvalue weighted by Gasteiger charge is 2.54. The van der Waals surface area contributed by atoms with Gasteiger partial charge in [0.1, 0.15) is 11.4 Å². The SMILES string of the molecule is CC(=O)N1CC[C@]2(C)C[C@@]1(O)c1ccccc1O2. The monoisotopic (exact) mass is 247 g/mol. The van der Waals surface area contributed by atoms with Crippen LogP contribution in [0.3, 0.4) is 0 Å². The van der Waals surface area contributed by atoms with Crippen molar-refractivity contribution in [1.29, 1.82) is 0 Å². The number of hydrogen-bond donors (Lipinski definition) is 1. The Bertz CT molecular complexity index is 516. The Hall–Kier alpha value is -1.55. The summed E-state index contributed by atoms with van der Waals surface area (Å²) in [6.07, 6.45) is 1.17. The van der Waals surface area contributed by atoms with Gasteiger partial charge in [0.25, 0.3) is 0 Å². The minimum atomic E-state index is -1.23. The summed E-state index contributed by atoms with van der Waals surface area (Å²) in [6.45, 7) is 4.01. The van der Waals surface area contributed by atoms with E-state index in [2.05, 4.69) is 0 Å². The topological polar surface area (TPSA) is 49.8 Å². The summed E-state index contributed by atoms with van der Waals surface area (Å²) in [4.78, 5) is 13.3. The van der Waals surface area contributed by atoms with Crippen molar-refractivity contribution in [2.45, 2.75) is 38.0 Å². The maximum Gasteiger partial charge on any atom is 0.221 e. The van der Waals surface area contributed by atoms with Crippen LogP contribution in [0.2, 0.25) is 0 Å². The van der Waals surface area contributed by atoms with Crippen LogP contribution in [0.5, 0.6) is 5.75 Å². The Morgan fingerprint density at radius 1 is 1.44 bits per heavy atom. The molecule has 0 aromatic heterocycles. The Morgan fingerprint density at radius 2 is 2.17 bits per heavy atom. The highest BCUT2D eigenvalue weighted by molar-refractivity contribution is 5.75. The quantitative estimate of drug-likeness (QED) is 0.758. The van der Waals surface area contributed by atoms with Crippen molar-refractivity contribution in [3.05, 3.63) is 29.8 Å². The van der Waals surface area contributed by atoms with Crippen molar-refractivity contribution in [3.8, 4) is 5.75 Å². The summed E-state index contributed by atoms with van der Waals surface area (Å²) >= 11 is 0. The lowest BCUT2D eigenvalue weighted by Crippen LogP contribution is -2.62. The predicted octanol–water partition coefficient (Wildman–Crippen LogP) is 1.63. The van der Waals surface area contributed by atoms with Crippen molar-refractivity contribution in [3.63, 3.8) is 0 Å². The summed E-state index contributed by atoms with van der Waals surface area (Å²) in [6, 6.07) is 7.41. The molecule has 1 aromatic rings. The molecule has 2 aliphatic rings. The van der Waals surface area contributed by atoms with Gasteiger partial charge in [0.2, 0.25) is 5.91 Å². The standard InChI is InChI=1S/C14H17NO3/c1-10(16)15-8-7-13(2)9-14(15,17)11-5-3-4-6-12(11)18-13/h3-6,17H,7-9H2,1-2H3/t13-,14-/m1/s1. The van der Waals surface area contributed by atoms with E-state index in [1.54, 1.807) is 4.90 Å². The van der Waals surface area contributed by atoms with Gasteiger partial charge < -0.3 is 14.7 Å². The molecule has 2 atom stereocenters. The molecule has 0 saturated carbocycles. The summed E-state index contributed by atoms with van der Waals surface area (Å²) in [5.74, 6) is 0.580. The van der Waals surface area contributed by atoms with Gasteiger partial charge in [-0.1, -0.05) is 18.2 Å². The first-order valence-electron chi connectivity index (χ1n) is 6.24. The third-order valence-electron chi connectivity index (χ3n) is 3.99. The van der Waals surface area contributed by atoms with Crippen LogP contribution < -0.4 is 4.74 Å². The van der Waals surface area contributed by atoms with Crippen LogP contribution in [-0.2, 0) is 10.5 Å². The molecule has 96 valence electrons. The fourth-order valence-corrected chi connectivity index (χ4v) is 3.14. The lowest BCUT2D eigenvalue weighted by atomic mass is 9.79. The molecule has 4 nitrogen and oxygen atoms in total. The molecule has 1 N–H and O–H groups in total. The van der Waals surface area contributed by atoms with E-state index in [-0.39, 0.29) is 5.91 Å². The largest absolute Gasteiger partial charge is 0.487 e. The van der Waals surface area contributed by atoms with Crippen LogP contribution >= 0.6 is 0 Å². The number of carbonyl (C=O) groups is 1. The number of fused-ring (bicyclic) bond motifs is 4.